The fourth-order valence-corrected chi connectivity index (χ4v) is 2.04. The predicted octanol–water partition coefficient (Wildman–Crippen LogP) is 1.32. The maximum Gasteiger partial charge on any atom is 0.224 e. The van der Waals surface area contributed by atoms with Gasteiger partial charge in [0.25, 0.3) is 0 Å². The maximum atomic E-state index is 11.7. The standard InChI is InChI=1S/C14H22N2O2/c1-10-7-12(8-11(2)14(10)18-3)9-13(17)16-6-4-5-15/h7-8H,4-6,9,15H2,1-3H3,(H,16,17). The number of carbonyl (C=O) groups is 1. The fraction of sp³-hybridized carbons (Fsp3) is 0.500. The van der Waals surface area contributed by atoms with Gasteiger partial charge in [0.1, 0.15) is 5.75 Å². The van der Waals surface area contributed by atoms with Crippen LogP contribution >= 0.6 is 0 Å². The van der Waals surface area contributed by atoms with Crippen LogP contribution in [0, 0.1) is 13.8 Å². The van der Waals surface area contributed by atoms with Crippen LogP contribution in [0.3, 0.4) is 0 Å². The van der Waals surface area contributed by atoms with Gasteiger partial charge in [-0.1, -0.05) is 12.1 Å². The Balaban J connectivity index is 2.65. The number of nitrogens with one attached hydrogen (secondary N) is 1. The second kappa shape index (κ2) is 7.01. The third-order valence-electron chi connectivity index (χ3n) is 2.79. The Hall–Kier alpha value is -1.55. The molecule has 0 radical (unpaired) electrons. The van der Waals surface area contributed by atoms with Gasteiger partial charge in [0.05, 0.1) is 13.5 Å². The molecule has 0 unspecified atom stereocenters. The van der Waals surface area contributed by atoms with Crippen molar-refractivity contribution in [2.45, 2.75) is 26.7 Å². The van der Waals surface area contributed by atoms with Crippen molar-refractivity contribution in [2.24, 2.45) is 5.73 Å². The first-order valence-corrected chi connectivity index (χ1v) is 6.19. The van der Waals surface area contributed by atoms with Gasteiger partial charge < -0.3 is 15.8 Å². The molecule has 100 valence electrons. The summed E-state index contributed by atoms with van der Waals surface area (Å²) in [6.07, 6.45) is 1.21. The second-order valence-electron chi connectivity index (χ2n) is 4.43. The third kappa shape index (κ3) is 4.04. The van der Waals surface area contributed by atoms with Crippen molar-refractivity contribution in [3.63, 3.8) is 0 Å². The number of aryl methyl sites for hydroxylation is 2. The second-order valence-corrected chi connectivity index (χ2v) is 4.43. The molecule has 0 heterocycles. The van der Waals surface area contributed by atoms with Gasteiger partial charge in [-0.05, 0) is 43.5 Å². The molecule has 1 aromatic carbocycles. The van der Waals surface area contributed by atoms with Gasteiger partial charge in [-0.2, -0.15) is 0 Å². The van der Waals surface area contributed by atoms with Crippen LogP contribution in [0.2, 0.25) is 0 Å². The van der Waals surface area contributed by atoms with Crippen LogP contribution in [0.4, 0.5) is 0 Å². The topological polar surface area (TPSA) is 64.3 Å². The minimum atomic E-state index is 0.0346. The minimum absolute atomic E-state index is 0.0346. The van der Waals surface area contributed by atoms with Gasteiger partial charge in [-0.25, -0.2) is 0 Å². The summed E-state index contributed by atoms with van der Waals surface area (Å²) in [5, 5.41) is 2.85. The van der Waals surface area contributed by atoms with Crippen LogP contribution in [0.1, 0.15) is 23.1 Å². The zero-order chi connectivity index (χ0) is 13.5. The van der Waals surface area contributed by atoms with Crippen molar-refractivity contribution < 1.29 is 9.53 Å². The first kappa shape index (κ1) is 14.5. The molecule has 1 rings (SSSR count). The summed E-state index contributed by atoms with van der Waals surface area (Å²) in [6.45, 7) is 5.22. The van der Waals surface area contributed by atoms with E-state index in [1.54, 1.807) is 7.11 Å². The van der Waals surface area contributed by atoms with Crippen LogP contribution in [-0.4, -0.2) is 26.1 Å². The first-order chi connectivity index (χ1) is 8.58. The lowest BCUT2D eigenvalue weighted by molar-refractivity contribution is -0.120. The summed E-state index contributed by atoms with van der Waals surface area (Å²) >= 11 is 0. The van der Waals surface area contributed by atoms with Crippen LogP contribution in [0.15, 0.2) is 12.1 Å². The highest BCUT2D eigenvalue weighted by molar-refractivity contribution is 5.78. The number of amides is 1. The van der Waals surface area contributed by atoms with Crippen LogP contribution < -0.4 is 15.8 Å². The molecule has 1 amide bonds. The summed E-state index contributed by atoms with van der Waals surface area (Å²) in [4.78, 5) is 11.7. The van der Waals surface area contributed by atoms with Crippen molar-refractivity contribution in [3.05, 3.63) is 28.8 Å². The van der Waals surface area contributed by atoms with E-state index in [0.717, 1.165) is 28.9 Å². The summed E-state index contributed by atoms with van der Waals surface area (Å²) < 4.78 is 5.30. The van der Waals surface area contributed by atoms with Gasteiger partial charge in [-0.3, -0.25) is 4.79 Å². The van der Waals surface area contributed by atoms with Gasteiger partial charge >= 0.3 is 0 Å². The van der Waals surface area contributed by atoms with E-state index in [1.165, 1.54) is 0 Å². The molecular formula is C14H22N2O2. The van der Waals surface area contributed by atoms with E-state index < -0.39 is 0 Å². The van der Waals surface area contributed by atoms with E-state index >= 15 is 0 Å². The molecule has 0 atom stereocenters. The van der Waals surface area contributed by atoms with E-state index in [1.807, 2.05) is 26.0 Å². The van der Waals surface area contributed by atoms with E-state index in [-0.39, 0.29) is 5.91 Å². The van der Waals surface area contributed by atoms with E-state index in [0.29, 0.717) is 19.5 Å². The Bertz CT molecular complexity index is 393. The number of rotatable bonds is 6. The lowest BCUT2D eigenvalue weighted by atomic mass is 10.0. The van der Waals surface area contributed by atoms with Crippen LogP contribution in [-0.2, 0) is 11.2 Å². The average Bonchev–Trinajstić information content (AvgIpc) is 2.29. The van der Waals surface area contributed by atoms with Crippen LogP contribution in [0.25, 0.3) is 0 Å². The predicted molar refractivity (Wildman–Crippen MR) is 72.9 cm³/mol. The molecule has 0 saturated carbocycles. The molecule has 4 heteroatoms. The minimum Gasteiger partial charge on any atom is -0.496 e. The molecular weight excluding hydrogens is 228 g/mol. The Kier molecular flexibility index (Phi) is 5.65. The lowest BCUT2D eigenvalue weighted by Gasteiger charge is -2.11. The number of hydrogen-bond donors (Lipinski definition) is 2. The summed E-state index contributed by atoms with van der Waals surface area (Å²) in [6, 6.07) is 3.99. The molecule has 4 nitrogen and oxygen atoms in total. The Morgan fingerprint density at radius 1 is 1.33 bits per heavy atom. The molecule has 0 aliphatic rings. The zero-order valence-corrected chi connectivity index (χ0v) is 11.4. The van der Waals surface area contributed by atoms with Gasteiger partial charge in [0.2, 0.25) is 5.91 Å². The molecule has 0 spiro atoms. The average molecular weight is 250 g/mol. The smallest absolute Gasteiger partial charge is 0.224 e. The highest BCUT2D eigenvalue weighted by atomic mass is 16.5. The normalized spacial score (nSPS) is 10.2. The molecule has 0 fully saturated rings. The molecule has 0 aliphatic carbocycles. The maximum absolute atomic E-state index is 11.7. The van der Waals surface area contributed by atoms with E-state index in [4.69, 9.17) is 10.5 Å². The Labute approximate surface area is 109 Å². The zero-order valence-electron chi connectivity index (χ0n) is 11.4. The van der Waals surface area contributed by atoms with Crippen molar-refractivity contribution in [1.29, 1.82) is 0 Å². The molecule has 0 aliphatic heterocycles. The molecule has 0 bridgehead atoms. The largest absolute Gasteiger partial charge is 0.496 e. The van der Waals surface area contributed by atoms with Gasteiger partial charge in [0, 0.05) is 6.54 Å². The van der Waals surface area contributed by atoms with E-state index in [2.05, 4.69) is 5.32 Å². The molecule has 18 heavy (non-hydrogen) atoms. The summed E-state index contributed by atoms with van der Waals surface area (Å²) in [5.41, 5.74) is 8.50. The quantitative estimate of drug-likeness (QED) is 0.748. The Morgan fingerprint density at radius 2 is 1.94 bits per heavy atom. The number of carbonyl (C=O) groups excluding carboxylic acids is 1. The lowest BCUT2D eigenvalue weighted by Crippen LogP contribution is -2.27. The van der Waals surface area contributed by atoms with Gasteiger partial charge in [-0.15, -0.1) is 0 Å². The molecule has 3 N–H and O–H groups in total. The summed E-state index contributed by atoms with van der Waals surface area (Å²) in [7, 11) is 1.66. The molecule has 1 aromatic rings. The van der Waals surface area contributed by atoms with E-state index in [9.17, 15) is 4.79 Å². The highest BCUT2D eigenvalue weighted by Gasteiger charge is 2.08. The molecule has 0 saturated heterocycles. The number of hydrogen-bond acceptors (Lipinski definition) is 3. The van der Waals surface area contributed by atoms with Crippen molar-refractivity contribution in [2.75, 3.05) is 20.2 Å². The SMILES string of the molecule is COc1c(C)cc(CC(=O)NCCCN)cc1C. The molecule has 0 aromatic heterocycles. The number of benzene rings is 1. The van der Waals surface area contributed by atoms with Crippen molar-refractivity contribution in [1.82, 2.24) is 5.32 Å². The summed E-state index contributed by atoms with van der Waals surface area (Å²) in [5.74, 6) is 0.926. The fourth-order valence-electron chi connectivity index (χ4n) is 2.04. The van der Waals surface area contributed by atoms with Crippen LogP contribution in [0.5, 0.6) is 5.75 Å². The van der Waals surface area contributed by atoms with Crippen molar-refractivity contribution in [3.8, 4) is 5.75 Å². The monoisotopic (exact) mass is 250 g/mol. The number of methoxy groups -OCH3 is 1. The Morgan fingerprint density at radius 3 is 2.44 bits per heavy atom. The van der Waals surface area contributed by atoms with Crippen molar-refractivity contribution >= 4 is 5.91 Å². The van der Waals surface area contributed by atoms with Gasteiger partial charge in [0.15, 0.2) is 0 Å². The number of nitrogens with two attached hydrogens (primary N) is 1. The number of ether oxygens (including phenoxy) is 1. The highest BCUT2D eigenvalue weighted by Crippen LogP contribution is 2.24. The third-order valence-corrected chi connectivity index (χ3v) is 2.79. The first-order valence-electron chi connectivity index (χ1n) is 6.19.